The second-order valence-corrected chi connectivity index (χ2v) is 8.48. The van der Waals surface area contributed by atoms with Crippen molar-refractivity contribution in [2.75, 3.05) is 0 Å². The van der Waals surface area contributed by atoms with Crippen LogP contribution in [0.2, 0.25) is 0 Å². The molecule has 2 N–H and O–H groups in total. The Kier molecular flexibility index (Phi) is 6.23. The highest BCUT2D eigenvalue weighted by Gasteiger charge is 2.24. The van der Waals surface area contributed by atoms with Gasteiger partial charge < -0.3 is 5.32 Å². The van der Waals surface area contributed by atoms with Gasteiger partial charge in [-0.1, -0.05) is 49.6 Å². The Balaban J connectivity index is 1.73. The van der Waals surface area contributed by atoms with Crippen molar-refractivity contribution < 1.29 is 17.6 Å². The maximum absolute atomic E-state index is 14.1. The molecule has 2 aromatic carbocycles. The van der Waals surface area contributed by atoms with Gasteiger partial charge in [-0.15, -0.1) is 0 Å². The number of carbonyl (C=O) groups is 1. The Labute approximate surface area is 159 Å². The molecule has 1 amide bonds. The summed E-state index contributed by atoms with van der Waals surface area (Å²) in [5.41, 5.74) is 0.589. The van der Waals surface area contributed by atoms with Gasteiger partial charge >= 0.3 is 0 Å². The van der Waals surface area contributed by atoms with E-state index in [1.165, 1.54) is 6.07 Å². The minimum Gasteiger partial charge on any atom is -0.348 e. The van der Waals surface area contributed by atoms with Gasteiger partial charge in [0.15, 0.2) is 0 Å². The lowest BCUT2D eigenvalue weighted by Gasteiger charge is -2.22. The molecule has 0 unspecified atom stereocenters. The van der Waals surface area contributed by atoms with Crippen LogP contribution < -0.4 is 10.0 Å². The number of rotatable bonds is 6. The summed E-state index contributed by atoms with van der Waals surface area (Å²) in [6, 6.07) is 12.4. The van der Waals surface area contributed by atoms with Gasteiger partial charge in [0.2, 0.25) is 10.0 Å². The average molecular weight is 390 g/mol. The van der Waals surface area contributed by atoms with E-state index in [0.717, 1.165) is 49.8 Å². The van der Waals surface area contributed by atoms with Crippen LogP contribution in [0.1, 0.15) is 48.0 Å². The topological polar surface area (TPSA) is 75.3 Å². The molecule has 1 aliphatic carbocycles. The highest BCUT2D eigenvalue weighted by atomic mass is 32.2. The third-order valence-corrected chi connectivity index (χ3v) is 6.23. The monoisotopic (exact) mass is 390 g/mol. The highest BCUT2D eigenvalue weighted by molar-refractivity contribution is 7.89. The van der Waals surface area contributed by atoms with Crippen molar-refractivity contribution in [3.05, 3.63) is 65.5 Å². The normalized spacial score (nSPS) is 15.4. The highest BCUT2D eigenvalue weighted by Crippen LogP contribution is 2.21. The van der Waals surface area contributed by atoms with Gasteiger partial charge in [-0.3, -0.25) is 4.79 Å². The van der Waals surface area contributed by atoms with Crippen LogP contribution in [-0.4, -0.2) is 20.4 Å². The van der Waals surface area contributed by atoms with Crippen LogP contribution in [0.15, 0.2) is 53.4 Å². The summed E-state index contributed by atoms with van der Waals surface area (Å²) in [5.74, 6) is -1.40. The lowest BCUT2D eigenvalue weighted by atomic mass is 9.96. The van der Waals surface area contributed by atoms with E-state index < -0.39 is 21.7 Å². The number of carbonyl (C=O) groups excluding carboxylic acids is 1. The van der Waals surface area contributed by atoms with Crippen LogP contribution in [0.5, 0.6) is 0 Å². The van der Waals surface area contributed by atoms with Crippen LogP contribution >= 0.6 is 0 Å². The molecular formula is C20H23FN2O3S. The Morgan fingerprint density at radius 2 is 1.74 bits per heavy atom. The van der Waals surface area contributed by atoms with Crippen LogP contribution in [0, 0.1) is 5.82 Å². The smallest absolute Gasteiger partial charge is 0.254 e. The molecule has 5 nitrogen and oxygen atoms in total. The number of sulfonamides is 1. The van der Waals surface area contributed by atoms with E-state index in [0.29, 0.717) is 0 Å². The summed E-state index contributed by atoms with van der Waals surface area (Å²) in [6.07, 6.45) is 4.68. The first-order valence-electron chi connectivity index (χ1n) is 9.10. The van der Waals surface area contributed by atoms with Gasteiger partial charge in [0.25, 0.3) is 5.91 Å². The lowest BCUT2D eigenvalue weighted by molar-refractivity contribution is 0.0946. The third kappa shape index (κ3) is 5.14. The van der Waals surface area contributed by atoms with Gasteiger partial charge in [-0.25, -0.2) is 17.5 Å². The van der Waals surface area contributed by atoms with Crippen molar-refractivity contribution >= 4 is 15.9 Å². The number of hydrogen-bond donors (Lipinski definition) is 2. The van der Waals surface area contributed by atoms with Crippen LogP contribution in [0.4, 0.5) is 4.39 Å². The molecule has 27 heavy (non-hydrogen) atoms. The fourth-order valence-electron chi connectivity index (χ4n) is 3.23. The third-order valence-electron chi connectivity index (χ3n) is 4.72. The van der Waals surface area contributed by atoms with Crippen molar-refractivity contribution in [1.82, 2.24) is 10.0 Å². The number of amides is 1. The van der Waals surface area contributed by atoms with E-state index in [1.54, 1.807) is 0 Å². The zero-order valence-corrected chi connectivity index (χ0v) is 15.8. The van der Waals surface area contributed by atoms with E-state index in [1.807, 2.05) is 30.3 Å². The second-order valence-electron chi connectivity index (χ2n) is 6.77. The first-order valence-corrected chi connectivity index (χ1v) is 10.6. The van der Waals surface area contributed by atoms with E-state index in [2.05, 4.69) is 10.0 Å². The predicted octanol–water partition coefficient (Wildman–Crippen LogP) is 3.37. The quantitative estimate of drug-likeness (QED) is 0.794. The average Bonchev–Trinajstić information content (AvgIpc) is 2.67. The van der Waals surface area contributed by atoms with Crippen molar-refractivity contribution in [2.45, 2.75) is 49.6 Å². The Morgan fingerprint density at radius 3 is 2.44 bits per heavy atom. The minimum atomic E-state index is -3.80. The molecule has 1 saturated carbocycles. The van der Waals surface area contributed by atoms with Crippen molar-refractivity contribution in [3.8, 4) is 0 Å². The maximum atomic E-state index is 14.1. The molecule has 2 aromatic rings. The van der Waals surface area contributed by atoms with Crippen LogP contribution in [-0.2, 0) is 16.6 Å². The van der Waals surface area contributed by atoms with Gasteiger partial charge in [0.05, 0.1) is 10.5 Å². The molecule has 0 bridgehead atoms. The number of hydrogen-bond acceptors (Lipinski definition) is 3. The van der Waals surface area contributed by atoms with Gasteiger partial charge in [-0.2, -0.15) is 0 Å². The van der Waals surface area contributed by atoms with Gasteiger partial charge in [0, 0.05) is 12.6 Å². The minimum absolute atomic E-state index is 0.0978. The number of benzene rings is 2. The number of halogens is 1. The fraction of sp³-hybridized carbons (Fsp3) is 0.350. The first kappa shape index (κ1) is 19.5. The molecule has 0 aliphatic heterocycles. The maximum Gasteiger partial charge on any atom is 0.254 e. The van der Waals surface area contributed by atoms with Crippen molar-refractivity contribution in [1.29, 1.82) is 0 Å². The Hall–Kier alpha value is -2.25. The molecule has 0 aromatic heterocycles. The zero-order chi connectivity index (χ0) is 19.3. The summed E-state index contributed by atoms with van der Waals surface area (Å²) in [4.78, 5) is 12.2. The standard InChI is InChI=1S/C20H23FN2O3S/c21-19-12-11-17(27(25,26)23-16-9-5-2-6-10-16)13-18(19)20(24)22-14-15-7-3-1-4-8-15/h1,3-4,7-8,11-13,16,23H,2,5-6,9-10,14H2,(H,22,24). The van der Waals surface area contributed by atoms with Gasteiger partial charge in [-0.05, 0) is 36.6 Å². The predicted molar refractivity (Wildman–Crippen MR) is 101 cm³/mol. The summed E-state index contributed by atoms with van der Waals surface area (Å²) in [6.45, 7) is 0.233. The van der Waals surface area contributed by atoms with E-state index in [-0.39, 0.29) is 23.0 Å². The van der Waals surface area contributed by atoms with Crippen LogP contribution in [0.3, 0.4) is 0 Å². The molecule has 144 valence electrons. The largest absolute Gasteiger partial charge is 0.348 e. The number of nitrogens with one attached hydrogen (secondary N) is 2. The lowest BCUT2D eigenvalue weighted by Crippen LogP contribution is -2.36. The first-order chi connectivity index (χ1) is 13.0. The summed E-state index contributed by atoms with van der Waals surface area (Å²) in [5, 5.41) is 2.62. The molecule has 0 atom stereocenters. The molecule has 0 radical (unpaired) electrons. The second kappa shape index (κ2) is 8.63. The van der Waals surface area contributed by atoms with Crippen LogP contribution in [0.25, 0.3) is 0 Å². The van der Waals surface area contributed by atoms with Crippen molar-refractivity contribution in [3.63, 3.8) is 0 Å². The Morgan fingerprint density at radius 1 is 1.04 bits per heavy atom. The summed E-state index contributed by atoms with van der Waals surface area (Å²) in [7, 11) is -3.80. The van der Waals surface area contributed by atoms with Crippen molar-refractivity contribution in [2.24, 2.45) is 0 Å². The summed E-state index contributed by atoms with van der Waals surface area (Å²) >= 11 is 0. The molecule has 0 saturated heterocycles. The van der Waals surface area contributed by atoms with E-state index in [9.17, 15) is 17.6 Å². The molecular weight excluding hydrogens is 367 g/mol. The Bertz CT molecular complexity index is 895. The van der Waals surface area contributed by atoms with E-state index in [4.69, 9.17) is 0 Å². The van der Waals surface area contributed by atoms with Gasteiger partial charge in [0.1, 0.15) is 5.82 Å². The molecule has 0 spiro atoms. The zero-order valence-electron chi connectivity index (χ0n) is 14.9. The summed E-state index contributed by atoms with van der Waals surface area (Å²) < 4.78 is 42.0. The molecule has 1 aliphatic rings. The SMILES string of the molecule is O=C(NCc1ccccc1)c1cc(S(=O)(=O)NC2CCCCC2)ccc1F. The van der Waals surface area contributed by atoms with E-state index >= 15 is 0 Å². The molecule has 0 heterocycles. The fourth-order valence-corrected chi connectivity index (χ4v) is 4.56. The molecule has 1 fully saturated rings. The molecule has 7 heteroatoms. The molecule has 3 rings (SSSR count).